The number of nitrogens with zero attached hydrogens (tertiary/aromatic N) is 2. The highest BCUT2D eigenvalue weighted by atomic mass is 16.2. The standard InChI is InChI=1S/C16H15N3O2/c20-7-2-1-4-13-8-15(12-18-9-13)16(21)19-11-14-5-3-6-17-10-14/h3,5-6,8-10,12,20H,2,7,11H2,(H,19,21). The van der Waals surface area contributed by atoms with Crippen LogP contribution in [-0.4, -0.2) is 27.6 Å². The first-order valence-electron chi connectivity index (χ1n) is 6.51. The third-order valence-electron chi connectivity index (χ3n) is 2.65. The number of rotatable bonds is 4. The summed E-state index contributed by atoms with van der Waals surface area (Å²) >= 11 is 0. The van der Waals surface area contributed by atoms with Gasteiger partial charge in [0.05, 0.1) is 12.2 Å². The second-order valence-electron chi connectivity index (χ2n) is 4.28. The highest BCUT2D eigenvalue weighted by Crippen LogP contribution is 2.03. The van der Waals surface area contributed by atoms with Crippen molar-refractivity contribution in [2.45, 2.75) is 13.0 Å². The smallest absolute Gasteiger partial charge is 0.253 e. The van der Waals surface area contributed by atoms with Crippen molar-refractivity contribution >= 4 is 5.91 Å². The maximum Gasteiger partial charge on any atom is 0.253 e. The van der Waals surface area contributed by atoms with Crippen molar-refractivity contribution < 1.29 is 9.90 Å². The van der Waals surface area contributed by atoms with Gasteiger partial charge in [-0.25, -0.2) is 0 Å². The number of hydrogen-bond acceptors (Lipinski definition) is 4. The summed E-state index contributed by atoms with van der Waals surface area (Å²) in [6, 6.07) is 5.39. The van der Waals surface area contributed by atoms with Crippen LogP contribution in [0.2, 0.25) is 0 Å². The molecule has 0 radical (unpaired) electrons. The van der Waals surface area contributed by atoms with Gasteiger partial charge < -0.3 is 10.4 Å². The summed E-state index contributed by atoms with van der Waals surface area (Å²) in [4.78, 5) is 20.0. The molecule has 1 amide bonds. The zero-order valence-electron chi connectivity index (χ0n) is 11.4. The Morgan fingerprint density at radius 2 is 2.19 bits per heavy atom. The average Bonchev–Trinajstić information content (AvgIpc) is 2.54. The monoisotopic (exact) mass is 281 g/mol. The Hall–Kier alpha value is -2.71. The molecule has 0 unspecified atom stereocenters. The van der Waals surface area contributed by atoms with Crippen LogP contribution in [0.25, 0.3) is 0 Å². The number of aromatic nitrogens is 2. The van der Waals surface area contributed by atoms with Gasteiger partial charge in [-0.15, -0.1) is 0 Å². The lowest BCUT2D eigenvalue weighted by Gasteiger charge is -2.05. The number of hydrogen-bond donors (Lipinski definition) is 2. The fraction of sp³-hybridized carbons (Fsp3) is 0.188. The molecule has 2 aromatic rings. The van der Waals surface area contributed by atoms with Crippen LogP contribution in [0.5, 0.6) is 0 Å². The molecule has 5 heteroatoms. The average molecular weight is 281 g/mol. The van der Waals surface area contributed by atoms with Crippen LogP contribution in [0, 0.1) is 11.8 Å². The lowest BCUT2D eigenvalue weighted by atomic mass is 10.2. The van der Waals surface area contributed by atoms with Gasteiger partial charge in [0.1, 0.15) is 0 Å². The topological polar surface area (TPSA) is 75.1 Å². The predicted octanol–water partition coefficient (Wildman–Crippen LogP) is 1.14. The Morgan fingerprint density at radius 1 is 1.29 bits per heavy atom. The molecule has 2 heterocycles. The Kier molecular flexibility index (Phi) is 5.44. The lowest BCUT2D eigenvalue weighted by molar-refractivity contribution is 0.0950. The summed E-state index contributed by atoms with van der Waals surface area (Å²) in [6.07, 6.45) is 6.87. The highest BCUT2D eigenvalue weighted by Gasteiger charge is 2.06. The summed E-state index contributed by atoms with van der Waals surface area (Å²) in [5, 5.41) is 11.5. The molecule has 0 saturated carbocycles. The van der Waals surface area contributed by atoms with Gasteiger partial charge in [0.25, 0.3) is 5.91 Å². The van der Waals surface area contributed by atoms with Gasteiger partial charge >= 0.3 is 0 Å². The predicted molar refractivity (Wildman–Crippen MR) is 78.2 cm³/mol. The Balaban J connectivity index is 1.99. The second-order valence-corrected chi connectivity index (χ2v) is 4.28. The van der Waals surface area contributed by atoms with Gasteiger partial charge in [0, 0.05) is 43.3 Å². The molecular formula is C16H15N3O2. The fourth-order valence-electron chi connectivity index (χ4n) is 1.64. The quantitative estimate of drug-likeness (QED) is 0.824. The number of carbonyl (C=O) groups is 1. The largest absolute Gasteiger partial charge is 0.395 e. The van der Waals surface area contributed by atoms with Crippen molar-refractivity contribution in [1.29, 1.82) is 0 Å². The molecular weight excluding hydrogens is 266 g/mol. The van der Waals surface area contributed by atoms with E-state index in [9.17, 15) is 4.79 Å². The number of amides is 1. The van der Waals surface area contributed by atoms with Gasteiger partial charge in [0.15, 0.2) is 0 Å². The second kappa shape index (κ2) is 7.78. The van der Waals surface area contributed by atoms with Crippen LogP contribution in [0.4, 0.5) is 0 Å². The summed E-state index contributed by atoms with van der Waals surface area (Å²) in [6.45, 7) is 0.429. The zero-order chi connectivity index (χ0) is 14.9. The van der Waals surface area contributed by atoms with Crippen molar-refractivity contribution in [2.24, 2.45) is 0 Å². The van der Waals surface area contributed by atoms with E-state index in [1.807, 2.05) is 12.1 Å². The van der Waals surface area contributed by atoms with Gasteiger partial charge in [-0.05, 0) is 17.7 Å². The Labute approximate surface area is 123 Å². The summed E-state index contributed by atoms with van der Waals surface area (Å²) in [5.74, 6) is 5.44. The summed E-state index contributed by atoms with van der Waals surface area (Å²) in [7, 11) is 0. The van der Waals surface area contributed by atoms with Crippen LogP contribution < -0.4 is 5.32 Å². The molecule has 106 valence electrons. The number of aliphatic hydroxyl groups is 1. The lowest BCUT2D eigenvalue weighted by Crippen LogP contribution is -2.23. The molecule has 2 aromatic heterocycles. The van der Waals surface area contributed by atoms with Gasteiger partial charge in [-0.2, -0.15) is 0 Å². The first-order chi connectivity index (χ1) is 10.3. The SMILES string of the molecule is O=C(NCc1cccnc1)c1cncc(C#CCCO)c1. The number of pyridine rings is 2. The van der Waals surface area contributed by atoms with E-state index >= 15 is 0 Å². The zero-order valence-corrected chi connectivity index (χ0v) is 11.4. The molecule has 0 saturated heterocycles. The molecule has 0 fully saturated rings. The van der Waals surface area contributed by atoms with E-state index in [4.69, 9.17) is 5.11 Å². The van der Waals surface area contributed by atoms with E-state index in [-0.39, 0.29) is 12.5 Å². The van der Waals surface area contributed by atoms with Gasteiger partial charge in [-0.1, -0.05) is 17.9 Å². The summed E-state index contributed by atoms with van der Waals surface area (Å²) in [5.41, 5.74) is 2.03. The minimum atomic E-state index is -0.211. The minimum Gasteiger partial charge on any atom is -0.395 e. The van der Waals surface area contributed by atoms with Crippen molar-refractivity contribution in [2.75, 3.05) is 6.61 Å². The van der Waals surface area contributed by atoms with Crippen molar-refractivity contribution in [3.63, 3.8) is 0 Å². The molecule has 0 aliphatic rings. The Bertz CT molecular complexity index is 660. The number of nitrogens with one attached hydrogen (secondary N) is 1. The molecule has 5 nitrogen and oxygen atoms in total. The highest BCUT2D eigenvalue weighted by molar-refractivity contribution is 5.94. The van der Waals surface area contributed by atoms with Crippen LogP contribution in [0.15, 0.2) is 43.0 Å². The maximum atomic E-state index is 12.0. The van der Waals surface area contributed by atoms with E-state index in [1.165, 1.54) is 6.20 Å². The summed E-state index contributed by atoms with van der Waals surface area (Å²) < 4.78 is 0. The Morgan fingerprint density at radius 3 is 2.95 bits per heavy atom. The molecule has 2 rings (SSSR count). The van der Waals surface area contributed by atoms with E-state index in [0.717, 1.165) is 5.56 Å². The van der Waals surface area contributed by atoms with E-state index in [1.54, 1.807) is 24.7 Å². The first-order valence-corrected chi connectivity index (χ1v) is 6.51. The van der Waals surface area contributed by atoms with Gasteiger partial charge in [-0.3, -0.25) is 14.8 Å². The maximum absolute atomic E-state index is 12.0. The fourth-order valence-corrected chi connectivity index (χ4v) is 1.64. The molecule has 21 heavy (non-hydrogen) atoms. The third kappa shape index (κ3) is 4.71. The third-order valence-corrected chi connectivity index (χ3v) is 2.65. The van der Waals surface area contributed by atoms with E-state index in [2.05, 4.69) is 27.1 Å². The number of aliphatic hydroxyl groups excluding tert-OH is 1. The van der Waals surface area contributed by atoms with Crippen LogP contribution in [0.3, 0.4) is 0 Å². The first kappa shape index (κ1) is 14.7. The van der Waals surface area contributed by atoms with Crippen LogP contribution >= 0.6 is 0 Å². The van der Waals surface area contributed by atoms with Crippen LogP contribution in [0.1, 0.15) is 27.9 Å². The minimum absolute atomic E-state index is 0.0196. The van der Waals surface area contributed by atoms with Crippen molar-refractivity contribution in [3.05, 3.63) is 59.7 Å². The number of carbonyl (C=O) groups excluding carboxylic acids is 1. The molecule has 0 atom stereocenters. The molecule has 0 bridgehead atoms. The van der Waals surface area contributed by atoms with Crippen molar-refractivity contribution in [3.8, 4) is 11.8 Å². The molecule has 0 aromatic carbocycles. The molecule has 0 aliphatic heterocycles. The van der Waals surface area contributed by atoms with E-state index < -0.39 is 0 Å². The van der Waals surface area contributed by atoms with Gasteiger partial charge in [0.2, 0.25) is 0 Å². The molecule has 2 N–H and O–H groups in total. The van der Waals surface area contributed by atoms with Crippen LogP contribution in [-0.2, 0) is 6.54 Å². The van der Waals surface area contributed by atoms with Crippen molar-refractivity contribution in [1.82, 2.24) is 15.3 Å². The molecule has 0 spiro atoms. The van der Waals surface area contributed by atoms with E-state index in [0.29, 0.717) is 24.1 Å². The molecule has 0 aliphatic carbocycles. The normalized spacial score (nSPS) is 9.57.